The van der Waals surface area contributed by atoms with E-state index in [1.807, 2.05) is 0 Å². The standard InChI is InChI=1S/C36H56O9/c1-31(2)14-16-36(30(42)43)17-15-34(6)19(20(36)18-31)8-9-22-33(5)12-11-23(32(3,4)21(33)10-13-35(22,34)7)44-29-26(39)24(37)25(38)27(45-29)28(40)41/h8,20-27,29,37-39H,9-18H2,1-7H3,(H,40,41)(H,42,43)/t20-,21-,22-,23-,24+,25+,26-,27+,29-,33-,34-,35-,36+/m1/s1. The van der Waals surface area contributed by atoms with Gasteiger partial charge in [-0.05, 0) is 109 Å². The molecule has 0 aromatic rings. The zero-order valence-corrected chi connectivity index (χ0v) is 28.2. The van der Waals surface area contributed by atoms with Crippen LogP contribution in [0.3, 0.4) is 0 Å². The van der Waals surface area contributed by atoms with Gasteiger partial charge in [0.1, 0.15) is 18.3 Å². The molecule has 45 heavy (non-hydrogen) atoms. The highest BCUT2D eigenvalue weighted by atomic mass is 16.7. The first-order chi connectivity index (χ1) is 20.7. The third kappa shape index (κ3) is 4.57. The van der Waals surface area contributed by atoms with Gasteiger partial charge in [-0.25, -0.2) is 4.79 Å². The van der Waals surface area contributed by atoms with E-state index in [4.69, 9.17) is 9.47 Å². The molecule has 6 rings (SSSR count). The normalized spacial score (nSPS) is 51.9. The minimum absolute atomic E-state index is 0.0000841. The smallest absolute Gasteiger partial charge is 0.335 e. The second-order valence-electron chi connectivity index (χ2n) is 17.9. The summed E-state index contributed by atoms with van der Waals surface area (Å²) in [5.41, 5.74) is 0.508. The molecule has 6 aliphatic rings. The number of ether oxygens (including phenoxy) is 2. The van der Waals surface area contributed by atoms with Gasteiger partial charge in [-0.2, -0.15) is 0 Å². The van der Waals surface area contributed by atoms with E-state index in [1.165, 1.54) is 5.57 Å². The molecule has 5 aliphatic carbocycles. The number of fused-ring (bicyclic) bond motifs is 7. The molecule has 5 N–H and O–H groups in total. The van der Waals surface area contributed by atoms with Crippen LogP contribution in [0.1, 0.15) is 113 Å². The highest BCUT2D eigenvalue weighted by Crippen LogP contribution is 2.76. The molecule has 254 valence electrons. The first kappa shape index (κ1) is 33.4. The Morgan fingerprint density at radius 2 is 1.49 bits per heavy atom. The van der Waals surface area contributed by atoms with Gasteiger partial charge >= 0.3 is 11.9 Å². The van der Waals surface area contributed by atoms with Crippen molar-refractivity contribution in [2.75, 3.05) is 0 Å². The summed E-state index contributed by atoms with van der Waals surface area (Å²) in [7, 11) is 0. The number of rotatable bonds is 4. The van der Waals surface area contributed by atoms with Crippen LogP contribution in [0.5, 0.6) is 0 Å². The molecule has 1 aliphatic heterocycles. The van der Waals surface area contributed by atoms with Crippen LogP contribution in [-0.2, 0) is 19.1 Å². The number of carboxylic acids is 2. The number of hydrogen-bond acceptors (Lipinski definition) is 7. The SMILES string of the molecule is CC1(C)CC[C@]2(C(=O)O)CC[C@]3(C)C(=CC[C@@H]4[C@]5(C)CC[C@@H](O[C@@H]6O[C@H](C(=O)O)[C@@H](O)[C@H](O)[C@H]6O)C(C)(C)[C@H]5CC[C@]43C)[C@H]2C1. The lowest BCUT2D eigenvalue weighted by Crippen LogP contribution is -2.66. The Morgan fingerprint density at radius 1 is 0.822 bits per heavy atom. The van der Waals surface area contributed by atoms with E-state index in [1.54, 1.807) is 0 Å². The van der Waals surface area contributed by atoms with E-state index >= 15 is 0 Å². The average molecular weight is 633 g/mol. The largest absolute Gasteiger partial charge is 0.481 e. The van der Waals surface area contributed by atoms with Crippen LogP contribution in [0.15, 0.2) is 11.6 Å². The Bertz CT molecular complexity index is 1260. The van der Waals surface area contributed by atoms with Crippen molar-refractivity contribution in [3.8, 4) is 0 Å². The molecule has 0 aromatic heterocycles. The summed E-state index contributed by atoms with van der Waals surface area (Å²) in [6.07, 6.45) is 2.94. The Kier molecular flexibility index (Phi) is 7.78. The van der Waals surface area contributed by atoms with Gasteiger partial charge in [-0.3, -0.25) is 4.79 Å². The van der Waals surface area contributed by atoms with Crippen LogP contribution >= 0.6 is 0 Å². The second kappa shape index (κ2) is 10.5. The van der Waals surface area contributed by atoms with Crippen LogP contribution in [0, 0.1) is 50.2 Å². The summed E-state index contributed by atoms with van der Waals surface area (Å²) < 4.78 is 11.9. The molecular formula is C36H56O9. The van der Waals surface area contributed by atoms with E-state index in [2.05, 4.69) is 54.5 Å². The molecule has 1 saturated heterocycles. The zero-order chi connectivity index (χ0) is 33.1. The van der Waals surface area contributed by atoms with Gasteiger partial charge in [0.05, 0.1) is 11.5 Å². The molecule has 0 aromatic carbocycles. The number of allylic oxidation sites excluding steroid dienone is 2. The van der Waals surface area contributed by atoms with Crippen LogP contribution in [-0.4, -0.2) is 74.3 Å². The van der Waals surface area contributed by atoms with Gasteiger partial charge in [0.25, 0.3) is 0 Å². The maximum atomic E-state index is 12.9. The fourth-order valence-corrected chi connectivity index (χ4v) is 12.2. The minimum Gasteiger partial charge on any atom is -0.481 e. The predicted molar refractivity (Wildman–Crippen MR) is 166 cm³/mol. The number of aliphatic hydroxyl groups is 3. The Balaban J connectivity index is 1.29. The molecule has 0 spiro atoms. The Morgan fingerprint density at radius 3 is 2.13 bits per heavy atom. The first-order valence-corrected chi connectivity index (χ1v) is 17.3. The molecule has 5 fully saturated rings. The van der Waals surface area contributed by atoms with Crippen molar-refractivity contribution in [2.45, 2.75) is 149 Å². The average Bonchev–Trinajstić information content (AvgIpc) is 2.94. The fourth-order valence-electron chi connectivity index (χ4n) is 12.2. The van der Waals surface area contributed by atoms with Crippen molar-refractivity contribution >= 4 is 11.9 Å². The zero-order valence-electron chi connectivity index (χ0n) is 28.2. The summed E-state index contributed by atoms with van der Waals surface area (Å²) in [6, 6.07) is 0. The highest BCUT2D eigenvalue weighted by molar-refractivity contribution is 5.76. The first-order valence-electron chi connectivity index (χ1n) is 17.3. The molecule has 9 nitrogen and oxygen atoms in total. The van der Waals surface area contributed by atoms with E-state index in [0.29, 0.717) is 18.3 Å². The number of aliphatic carboxylic acids is 2. The molecule has 4 saturated carbocycles. The quantitative estimate of drug-likeness (QED) is 0.209. The van der Waals surface area contributed by atoms with Gasteiger partial charge in [-0.1, -0.05) is 60.1 Å². The van der Waals surface area contributed by atoms with Gasteiger partial charge in [0.2, 0.25) is 0 Å². The topological polar surface area (TPSA) is 154 Å². The van der Waals surface area contributed by atoms with E-state index in [0.717, 1.165) is 57.8 Å². The summed E-state index contributed by atoms with van der Waals surface area (Å²) in [5.74, 6) is -1.24. The minimum atomic E-state index is -1.75. The lowest BCUT2D eigenvalue weighted by molar-refractivity contribution is -0.324. The van der Waals surface area contributed by atoms with Gasteiger partial charge in [-0.15, -0.1) is 0 Å². The molecule has 0 unspecified atom stereocenters. The summed E-state index contributed by atoms with van der Waals surface area (Å²) >= 11 is 0. The van der Waals surface area contributed by atoms with Crippen LogP contribution in [0.2, 0.25) is 0 Å². The van der Waals surface area contributed by atoms with E-state index < -0.39 is 48.1 Å². The molecule has 13 atom stereocenters. The lowest BCUT2D eigenvalue weighted by Gasteiger charge is -2.71. The van der Waals surface area contributed by atoms with Crippen LogP contribution in [0.25, 0.3) is 0 Å². The van der Waals surface area contributed by atoms with Crippen molar-refractivity contribution in [1.82, 2.24) is 0 Å². The Hall–Kier alpha value is -1.52. The number of aliphatic hydroxyl groups excluding tert-OH is 3. The van der Waals surface area contributed by atoms with Gasteiger partial charge in [0, 0.05) is 0 Å². The third-order valence-corrected chi connectivity index (χ3v) is 15.1. The van der Waals surface area contributed by atoms with Crippen LogP contribution < -0.4 is 0 Å². The summed E-state index contributed by atoms with van der Waals surface area (Å²) in [6.45, 7) is 16.4. The van der Waals surface area contributed by atoms with E-state index in [9.17, 15) is 35.1 Å². The van der Waals surface area contributed by atoms with Gasteiger partial charge < -0.3 is 35.0 Å². The fraction of sp³-hybridized carbons (Fsp3) is 0.889. The van der Waals surface area contributed by atoms with Crippen molar-refractivity contribution in [3.63, 3.8) is 0 Å². The molecule has 0 radical (unpaired) electrons. The van der Waals surface area contributed by atoms with Crippen molar-refractivity contribution < 1.29 is 44.6 Å². The molecule has 9 heteroatoms. The molecule has 1 heterocycles. The second-order valence-corrected chi connectivity index (χ2v) is 17.9. The highest BCUT2D eigenvalue weighted by Gasteiger charge is 2.69. The van der Waals surface area contributed by atoms with Crippen molar-refractivity contribution in [2.24, 2.45) is 50.2 Å². The van der Waals surface area contributed by atoms with Gasteiger partial charge in [0.15, 0.2) is 12.4 Å². The number of hydrogen-bond donors (Lipinski definition) is 5. The number of carboxylic acid groups (broad SMARTS) is 2. The lowest BCUT2D eigenvalue weighted by atomic mass is 9.33. The predicted octanol–water partition coefficient (Wildman–Crippen LogP) is 5.15. The Labute approximate surface area is 267 Å². The van der Waals surface area contributed by atoms with Crippen LogP contribution in [0.4, 0.5) is 0 Å². The summed E-state index contributed by atoms with van der Waals surface area (Å²) in [5, 5.41) is 51.4. The van der Waals surface area contributed by atoms with Crippen molar-refractivity contribution in [3.05, 3.63) is 11.6 Å². The number of carbonyl (C=O) groups is 2. The van der Waals surface area contributed by atoms with E-state index in [-0.39, 0.29) is 39.1 Å². The summed E-state index contributed by atoms with van der Waals surface area (Å²) in [4.78, 5) is 24.6. The maximum absolute atomic E-state index is 12.9. The molecule has 0 amide bonds. The third-order valence-electron chi connectivity index (χ3n) is 15.1. The monoisotopic (exact) mass is 632 g/mol. The maximum Gasteiger partial charge on any atom is 0.335 e. The van der Waals surface area contributed by atoms with Crippen molar-refractivity contribution in [1.29, 1.82) is 0 Å². The molecular weight excluding hydrogens is 576 g/mol. The molecule has 0 bridgehead atoms.